The van der Waals surface area contributed by atoms with Crippen LogP contribution in [-0.2, 0) is 4.79 Å². The highest BCUT2D eigenvalue weighted by molar-refractivity contribution is 5.85. The van der Waals surface area contributed by atoms with Crippen LogP contribution in [0.5, 0.6) is 0 Å². The molecule has 24 heavy (non-hydrogen) atoms. The van der Waals surface area contributed by atoms with Gasteiger partial charge in [0.15, 0.2) is 0 Å². The summed E-state index contributed by atoms with van der Waals surface area (Å²) in [5, 5.41) is 9.00. The first kappa shape index (κ1) is 15.7. The molecule has 2 heterocycles. The molecular weight excluding hydrogens is 307 g/mol. The van der Waals surface area contributed by atoms with Crippen LogP contribution in [-0.4, -0.2) is 21.1 Å². The molecule has 4 rings (SSSR count). The molecule has 0 spiro atoms. The molecule has 0 atom stereocenters. The number of pyridine rings is 1. The Morgan fingerprint density at radius 2 is 1.83 bits per heavy atom. The summed E-state index contributed by atoms with van der Waals surface area (Å²) in [6, 6.07) is 16.9. The van der Waals surface area contributed by atoms with Crippen LogP contribution >= 0.6 is 0 Å². The van der Waals surface area contributed by atoms with Crippen molar-refractivity contribution in [2.75, 3.05) is 0 Å². The number of hydrogen-bond acceptors (Lipinski definition) is 2. The van der Waals surface area contributed by atoms with E-state index in [1.165, 1.54) is 23.1 Å². The third-order valence-electron chi connectivity index (χ3n) is 3.80. The maximum Gasteiger partial charge on any atom is 0.290 e. The van der Waals surface area contributed by atoms with E-state index in [1.807, 2.05) is 24.4 Å². The minimum atomic E-state index is -0.263. The number of benzene rings is 2. The fourth-order valence-corrected chi connectivity index (χ4v) is 2.78. The van der Waals surface area contributed by atoms with Crippen LogP contribution < -0.4 is 0 Å². The molecule has 120 valence electrons. The van der Waals surface area contributed by atoms with E-state index in [2.05, 4.69) is 34.7 Å². The zero-order valence-corrected chi connectivity index (χ0v) is 13.0. The Hall–Kier alpha value is -3.21. The standard InChI is InChI=1S/C18H13FN2.CH2O2/c1-12-3-2-4-14-9-10-21(18(12)14)17-8-6-13-5-7-15(19)11-16(13)20-17;2-1-3/h2-11H,1H3;1H,(H,2,3). The minimum Gasteiger partial charge on any atom is -0.483 e. The van der Waals surface area contributed by atoms with E-state index in [4.69, 9.17) is 9.90 Å². The summed E-state index contributed by atoms with van der Waals surface area (Å²) in [5.74, 6) is 0.540. The highest BCUT2D eigenvalue weighted by Gasteiger charge is 2.07. The molecule has 0 aliphatic carbocycles. The zero-order valence-electron chi connectivity index (χ0n) is 13.0. The highest BCUT2D eigenvalue weighted by Crippen LogP contribution is 2.24. The van der Waals surface area contributed by atoms with Gasteiger partial charge in [-0.1, -0.05) is 18.2 Å². The zero-order chi connectivity index (χ0) is 17.1. The highest BCUT2D eigenvalue weighted by atomic mass is 19.1. The first-order chi connectivity index (χ1) is 11.6. The molecule has 0 fully saturated rings. The Labute approximate surface area is 137 Å². The second-order valence-electron chi connectivity index (χ2n) is 5.31. The predicted octanol–water partition coefficient (Wildman–Crippen LogP) is 4.33. The lowest BCUT2D eigenvalue weighted by molar-refractivity contribution is -0.122. The van der Waals surface area contributed by atoms with Crippen LogP contribution in [0.15, 0.2) is 60.8 Å². The molecule has 0 amide bonds. The van der Waals surface area contributed by atoms with Gasteiger partial charge >= 0.3 is 0 Å². The van der Waals surface area contributed by atoms with Crippen molar-refractivity contribution in [1.82, 2.24) is 9.55 Å². The molecule has 0 saturated heterocycles. The smallest absolute Gasteiger partial charge is 0.290 e. The van der Waals surface area contributed by atoms with Crippen molar-refractivity contribution in [3.8, 4) is 5.82 Å². The summed E-state index contributed by atoms with van der Waals surface area (Å²) < 4.78 is 15.4. The van der Waals surface area contributed by atoms with E-state index in [1.54, 1.807) is 6.07 Å². The largest absolute Gasteiger partial charge is 0.483 e. The fourth-order valence-electron chi connectivity index (χ4n) is 2.78. The second kappa shape index (κ2) is 6.50. The Balaban J connectivity index is 0.000000526. The van der Waals surface area contributed by atoms with Gasteiger partial charge in [-0.3, -0.25) is 4.79 Å². The lowest BCUT2D eigenvalue weighted by Gasteiger charge is -2.08. The van der Waals surface area contributed by atoms with Crippen molar-refractivity contribution in [1.29, 1.82) is 0 Å². The van der Waals surface area contributed by atoms with Crippen LogP contribution in [0.1, 0.15) is 5.56 Å². The minimum absolute atomic E-state index is 0.250. The van der Waals surface area contributed by atoms with Gasteiger partial charge in [0.25, 0.3) is 6.47 Å². The third-order valence-corrected chi connectivity index (χ3v) is 3.80. The molecule has 0 radical (unpaired) electrons. The van der Waals surface area contributed by atoms with Crippen molar-refractivity contribution < 1.29 is 14.3 Å². The third kappa shape index (κ3) is 2.84. The van der Waals surface area contributed by atoms with Crippen LogP contribution in [0, 0.1) is 12.7 Å². The van der Waals surface area contributed by atoms with Gasteiger partial charge in [0.2, 0.25) is 0 Å². The number of halogens is 1. The van der Waals surface area contributed by atoms with Gasteiger partial charge < -0.3 is 9.67 Å². The average Bonchev–Trinajstić information content (AvgIpc) is 3.00. The summed E-state index contributed by atoms with van der Waals surface area (Å²) in [4.78, 5) is 13.0. The van der Waals surface area contributed by atoms with Crippen LogP contribution in [0.25, 0.3) is 27.6 Å². The van der Waals surface area contributed by atoms with Crippen LogP contribution in [0.2, 0.25) is 0 Å². The quantitative estimate of drug-likeness (QED) is 0.531. The average molecular weight is 322 g/mol. The van der Waals surface area contributed by atoms with Gasteiger partial charge in [-0.05, 0) is 42.8 Å². The molecule has 2 aromatic heterocycles. The maximum absolute atomic E-state index is 13.4. The van der Waals surface area contributed by atoms with E-state index < -0.39 is 0 Å². The summed E-state index contributed by atoms with van der Waals surface area (Å²) in [6.45, 7) is 1.83. The van der Waals surface area contributed by atoms with Crippen molar-refractivity contribution in [2.24, 2.45) is 0 Å². The molecule has 1 N–H and O–H groups in total. The Morgan fingerprint density at radius 3 is 2.62 bits per heavy atom. The van der Waals surface area contributed by atoms with E-state index in [9.17, 15) is 4.39 Å². The molecule has 0 bridgehead atoms. The van der Waals surface area contributed by atoms with Gasteiger partial charge in [0.1, 0.15) is 11.6 Å². The molecule has 0 aliphatic rings. The first-order valence-corrected chi connectivity index (χ1v) is 7.35. The van der Waals surface area contributed by atoms with E-state index in [-0.39, 0.29) is 12.3 Å². The molecule has 0 aliphatic heterocycles. The van der Waals surface area contributed by atoms with E-state index in [0.717, 1.165) is 16.7 Å². The number of rotatable bonds is 1. The number of aryl methyl sites for hydroxylation is 1. The number of nitrogens with zero attached hydrogens (tertiary/aromatic N) is 2. The summed E-state index contributed by atoms with van der Waals surface area (Å²) in [6.07, 6.45) is 2.01. The van der Waals surface area contributed by atoms with Gasteiger partial charge in [0, 0.05) is 23.0 Å². The number of fused-ring (bicyclic) bond motifs is 2. The van der Waals surface area contributed by atoms with Gasteiger partial charge in [0.05, 0.1) is 11.0 Å². The van der Waals surface area contributed by atoms with Crippen LogP contribution in [0.4, 0.5) is 4.39 Å². The van der Waals surface area contributed by atoms with Crippen molar-refractivity contribution in [3.63, 3.8) is 0 Å². The second-order valence-corrected chi connectivity index (χ2v) is 5.31. The molecule has 0 unspecified atom stereocenters. The lowest BCUT2D eigenvalue weighted by Crippen LogP contribution is -1.97. The first-order valence-electron chi connectivity index (χ1n) is 7.35. The van der Waals surface area contributed by atoms with Gasteiger partial charge in [-0.25, -0.2) is 9.37 Å². The molecule has 4 nitrogen and oxygen atoms in total. The molecular formula is C19H15FN2O2. The number of carboxylic acid groups (broad SMARTS) is 1. The monoisotopic (exact) mass is 322 g/mol. The Bertz CT molecular complexity index is 1020. The van der Waals surface area contributed by atoms with E-state index >= 15 is 0 Å². The number of aromatic nitrogens is 2. The normalized spacial score (nSPS) is 10.4. The van der Waals surface area contributed by atoms with Crippen molar-refractivity contribution in [2.45, 2.75) is 6.92 Å². The maximum atomic E-state index is 13.4. The van der Waals surface area contributed by atoms with E-state index in [0.29, 0.717) is 5.52 Å². The van der Waals surface area contributed by atoms with Crippen LogP contribution in [0.3, 0.4) is 0 Å². The summed E-state index contributed by atoms with van der Waals surface area (Å²) in [5.41, 5.74) is 3.00. The predicted molar refractivity (Wildman–Crippen MR) is 92.0 cm³/mol. The Kier molecular flexibility index (Phi) is 4.24. The SMILES string of the molecule is Cc1cccc2ccn(-c3ccc4ccc(F)cc4n3)c12.O=CO. The topological polar surface area (TPSA) is 55.1 Å². The van der Waals surface area contributed by atoms with Gasteiger partial charge in [-0.15, -0.1) is 0 Å². The molecule has 4 aromatic rings. The lowest BCUT2D eigenvalue weighted by atomic mass is 10.1. The fraction of sp³-hybridized carbons (Fsp3) is 0.0526. The Morgan fingerprint density at radius 1 is 1.08 bits per heavy atom. The van der Waals surface area contributed by atoms with Crippen molar-refractivity contribution in [3.05, 3.63) is 72.2 Å². The van der Waals surface area contributed by atoms with Gasteiger partial charge in [-0.2, -0.15) is 0 Å². The van der Waals surface area contributed by atoms with Crippen molar-refractivity contribution >= 4 is 28.3 Å². The molecule has 0 saturated carbocycles. The molecule has 5 heteroatoms. The number of para-hydroxylation sites is 1. The summed E-state index contributed by atoms with van der Waals surface area (Å²) >= 11 is 0. The number of carbonyl (C=O) groups is 1. The summed E-state index contributed by atoms with van der Waals surface area (Å²) in [7, 11) is 0. The molecule has 2 aromatic carbocycles. The number of hydrogen-bond donors (Lipinski definition) is 1.